The summed E-state index contributed by atoms with van der Waals surface area (Å²) in [6.45, 7) is 1.18. The van der Waals surface area contributed by atoms with Crippen LogP contribution < -0.4 is 9.47 Å². The maximum absolute atomic E-state index is 13.7. The molecule has 0 spiro atoms. The summed E-state index contributed by atoms with van der Waals surface area (Å²) in [6, 6.07) is 6.34. The van der Waals surface area contributed by atoms with Gasteiger partial charge in [0.2, 0.25) is 0 Å². The van der Waals surface area contributed by atoms with Gasteiger partial charge < -0.3 is 9.32 Å². The summed E-state index contributed by atoms with van der Waals surface area (Å²) in [7, 11) is 1.91. The Kier molecular flexibility index (Phi) is 3.65. The zero-order valence-corrected chi connectivity index (χ0v) is 13.6. The van der Waals surface area contributed by atoms with Crippen molar-refractivity contribution in [3.05, 3.63) is 59.6 Å². The van der Waals surface area contributed by atoms with E-state index in [0.29, 0.717) is 42.3 Å². The minimum Gasteiger partial charge on any atom is -0.439 e. The zero-order valence-electron chi connectivity index (χ0n) is 13.6. The highest BCUT2D eigenvalue weighted by atomic mass is 19.1. The number of hydrogen-bond acceptors (Lipinski definition) is 5. The monoisotopic (exact) mass is 336 g/mol. The zero-order chi connectivity index (χ0) is 17.4. The summed E-state index contributed by atoms with van der Waals surface area (Å²) in [5, 5.41) is 9.02. The standard InChI is InChI=1S/C18H15FN5O/c1-23-5-3-21-16(10-23)18-22-15-11-24(4-2-17(15)25-18)14-7-12(9-20)6-13(19)8-14/h3,5-8,10H,2,4,11H2,1H3/q+1. The van der Waals surface area contributed by atoms with Crippen molar-refractivity contribution in [2.45, 2.75) is 13.0 Å². The fourth-order valence-electron chi connectivity index (χ4n) is 2.95. The largest absolute Gasteiger partial charge is 0.439 e. The highest BCUT2D eigenvalue weighted by Gasteiger charge is 2.24. The minimum atomic E-state index is -0.415. The molecular weight excluding hydrogens is 321 g/mol. The molecule has 6 nitrogen and oxygen atoms in total. The Hall–Kier alpha value is -3.27. The number of nitrogens with zero attached hydrogens (tertiary/aromatic N) is 5. The Morgan fingerprint density at radius 2 is 2.24 bits per heavy atom. The normalized spacial score (nSPS) is 13.4. The molecule has 25 heavy (non-hydrogen) atoms. The average molecular weight is 336 g/mol. The number of hydrogen-bond donors (Lipinski definition) is 0. The molecule has 0 fully saturated rings. The van der Waals surface area contributed by atoms with Crippen molar-refractivity contribution >= 4 is 5.69 Å². The first-order chi connectivity index (χ1) is 12.1. The third-order valence-electron chi connectivity index (χ3n) is 4.16. The minimum absolute atomic E-state index is 0.308. The van der Waals surface area contributed by atoms with Crippen molar-refractivity contribution in [2.75, 3.05) is 11.4 Å². The second-order valence-corrected chi connectivity index (χ2v) is 5.98. The van der Waals surface area contributed by atoms with E-state index < -0.39 is 5.82 Å². The SMILES string of the molecule is C[n+]1ccnc(-c2nc3c(o2)CCN(c2cc(F)cc(C#N)c2)C3)c1. The van der Waals surface area contributed by atoms with Crippen LogP contribution in [0.3, 0.4) is 0 Å². The van der Waals surface area contributed by atoms with Gasteiger partial charge in [0.15, 0.2) is 18.1 Å². The Labute approximate surface area is 143 Å². The molecule has 4 rings (SSSR count). The van der Waals surface area contributed by atoms with Gasteiger partial charge in [-0.2, -0.15) is 5.26 Å². The number of halogens is 1. The highest BCUT2D eigenvalue weighted by Crippen LogP contribution is 2.28. The van der Waals surface area contributed by atoms with Gasteiger partial charge in [-0.15, -0.1) is 0 Å². The van der Waals surface area contributed by atoms with Crippen LogP contribution in [0.25, 0.3) is 11.6 Å². The third kappa shape index (κ3) is 2.94. The van der Waals surface area contributed by atoms with Crippen molar-refractivity contribution in [1.82, 2.24) is 9.97 Å². The molecule has 124 valence electrons. The molecule has 0 saturated heterocycles. The average Bonchev–Trinajstić information content (AvgIpc) is 3.04. The molecule has 3 heterocycles. The van der Waals surface area contributed by atoms with Crippen LogP contribution in [-0.2, 0) is 20.0 Å². The van der Waals surface area contributed by atoms with Crippen LogP contribution in [0.2, 0.25) is 0 Å². The van der Waals surface area contributed by atoms with Crippen LogP contribution in [0.1, 0.15) is 17.0 Å². The van der Waals surface area contributed by atoms with Crippen LogP contribution in [0.4, 0.5) is 10.1 Å². The van der Waals surface area contributed by atoms with Gasteiger partial charge in [-0.05, 0) is 18.2 Å². The molecule has 0 atom stereocenters. The van der Waals surface area contributed by atoms with E-state index >= 15 is 0 Å². The van der Waals surface area contributed by atoms with Gasteiger partial charge in [0.05, 0.1) is 24.4 Å². The molecule has 0 unspecified atom stereocenters. The quantitative estimate of drug-likeness (QED) is 0.671. The molecule has 1 aliphatic rings. The lowest BCUT2D eigenvalue weighted by Crippen LogP contribution is -2.30. The number of aromatic nitrogens is 3. The van der Waals surface area contributed by atoms with Crippen molar-refractivity contribution in [2.24, 2.45) is 7.05 Å². The van der Waals surface area contributed by atoms with Gasteiger partial charge >= 0.3 is 0 Å². The predicted molar refractivity (Wildman–Crippen MR) is 86.8 cm³/mol. The summed E-state index contributed by atoms with van der Waals surface area (Å²) in [5.74, 6) is 0.901. The van der Waals surface area contributed by atoms with E-state index in [1.165, 1.54) is 12.1 Å². The molecular formula is C18H15FN5O+. The van der Waals surface area contributed by atoms with E-state index in [1.54, 1.807) is 12.3 Å². The van der Waals surface area contributed by atoms with Crippen LogP contribution >= 0.6 is 0 Å². The fraction of sp³-hybridized carbons (Fsp3) is 0.222. The Morgan fingerprint density at radius 1 is 1.36 bits per heavy atom. The van der Waals surface area contributed by atoms with E-state index in [-0.39, 0.29) is 0 Å². The number of fused-ring (bicyclic) bond motifs is 1. The summed E-state index contributed by atoms with van der Waals surface area (Å²) < 4.78 is 21.4. The Bertz CT molecular complexity index is 991. The number of oxazole rings is 1. The highest BCUT2D eigenvalue weighted by molar-refractivity contribution is 5.54. The summed E-state index contributed by atoms with van der Waals surface area (Å²) in [6.07, 6.45) is 6.05. The maximum Gasteiger partial charge on any atom is 0.251 e. The van der Waals surface area contributed by atoms with Crippen LogP contribution in [0.5, 0.6) is 0 Å². The van der Waals surface area contributed by atoms with E-state index in [2.05, 4.69) is 9.97 Å². The molecule has 0 amide bonds. The first kappa shape index (κ1) is 15.3. The maximum atomic E-state index is 13.7. The number of aryl methyl sites for hydroxylation is 1. The number of anilines is 1. The molecule has 1 aromatic carbocycles. The van der Waals surface area contributed by atoms with Gasteiger partial charge in [0.25, 0.3) is 5.89 Å². The Morgan fingerprint density at radius 3 is 3.04 bits per heavy atom. The number of benzene rings is 1. The summed E-state index contributed by atoms with van der Waals surface area (Å²) in [5.41, 5.74) is 2.47. The van der Waals surface area contributed by atoms with Crippen LogP contribution in [-0.4, -0.2) is 16.5 Å². The van der Waals surface area contributed by atoms with E-state index in [4.69, 9.17) is 9.68 Å². The van der Waals surface area contributed by atoms with Gasteiger partial charge in [-0.1, -0.05) is 0 Å². The molecule has 0 radical (unpaired) electrons. The molecule has 1 aliphatic heterocycles. The number of nitriles is 1. The topological polar surface area (TPSA) is 69.8 Å². The first-order valence-electron chi connectivity index (χ1n) is 7.88. The molecule has 7 heteroatoms. The molecule has 3 aromatic rings. The van der Waals surface area contributed by atoms with E-state index in [9.17, 15) is 4.39 Å². The lowest BCUT2D eigenvalue weighted by Gasteiger charge is -2.27. The van der Waals surface area contributed by atoms with E-state index in [0.717, 1.165) is 11.5 Å². The van der Waals surface area contributed by atoms with Gasteiger partial charge in [-0.3, -0.25) is 0 Å². The molecule has 0 bridgehead atoms. The molecule has 0 aliphatic carbocycles. The fourth-order valence-corrected chi connectivity index (χ4v) is 2.95. The second kappa shape index (κ2) is 5.98. The Balaban J connectivity index is 1.64. The third-order valence-corrected chi connectivity index (χ3v) is 4.16. The van der Waals surface area contributed by atoms with Crippen molar-refractivity contribution in [3.63, 3.8) is 0 Å². The summed E-state index contributed by atoms with van der Waals surface area (Å²) >= 11 is 0. The van der Waals surface area contributed by atoms with Crippen LogP contribution in [0, 0.1) is 17.1 Å². The molecule has 2 aromatic heterocycles. The second-order valence-electron chi connectivity index (χ2n) is 5.98. The van der Waals surface area contributed by atoms with E-state index in [1.807, 2.05) is 35.0 Å². The first-order valence-corrected chi connectivity index (χ1v) is 7.88. The van der Waals surface area contributed by atoms with Gasteiger partial charge in [0, 0.05) is 18.7 Å². The van der Waals surface area contributed by atoms with Crippen molar-refractivity contribution in [1.29, 1.82) is 5.26 Å². The summed E-state index contributed by atoms with van der Waals surface area (Å²) in [4.78, 5) is 10.8. The van der Waals surface area contributed by atoms with Crippen LogP contribution in [0.15, 0.2) is 41.2 Å². The van der Waals surface area contributed by atoms with Crippen molar-refractivity contribution < 1.29 is 13.4 Å². The lowest BCUT2D eigenvalue weighted by atomic mass is 10.1. The smallest absolute Gasteiger partial charge is 0.251 e. The van der Waals surface area contributed by atoms with Gasteiger partial charge in [0.1, 0.15) is 24.3 Å². The van der Waals surface area contributed by atoms with Crippen molar-refractivity contribution in [3.8, 4) is 17.7 Å². The predicted octanol–water partition coefficient (Wildman–Crippen LogP) is 2.13. The lowest BCUT2D eigenvalue weighted by molar-refractivity contribution is -0.671. The van der Waals surface area contributed by atoms with Gasteiger partial charge in [-0.25, -0.2) is 18.9 Å². The number of rotatable bonds is 2. The molecule has 0 N–H and O–H groups in total. The molecule has 0 saturated carbocycles.